The van der Waals surface area contributed by atoms with Crippen LogP contribution in [-0.2, 0) is 19.3 Å². The second-order valence-electron chi connectivity index (χ2n) is 7.73. The Kier molecular flexibility index (Phi) is 6.78. The van der Waals surface area contributed by atoms with Gasteiger partial charge in [-0.1, -0.05) is 40.0 Å². The molecule has 0 fully saturated rings. The SMILES string of the molecule is CCCc1c(-c2cc(=O)c3c(O)c(CCC)c(O)c(CCC)c3o2)ccc(OC)c1O. The molecule has 166 valence electrons. The number of ether oxygens (including phenoxy) is 1. The van der Waals surface area contributed by atoms with Gasteiger partial charge in [-0.15, -0.1) is 0 Å². The van der Waals surface area contributed by atoms with E-state index in [0.29, 0.717) is 53.7 Å². The fourth-order valence-electron chi connectivity index (χ4n) is 4.10. The fourth-order valence-corrected chi connectivity index (χ4v) is 4.10. The minimum Gasteiger partial charge on any atom is -0.507 e. The van der Waals surface area contributed by atoms with Crippen molar-refractivity contribution in [3.8, 4) is 34.3 Å². The Morgan fingerprint density at radius 2 is 1.45 bits per heavy atom. The molecule has 6 heteroatoms. The highest BCUT2D eigenvalue weighted by Gasteiger charge is 2.24. The Morgan fingerprint density at radius 3 is 2.06 bits per heavy atom. The van der Waals surface area contributed by atoms with Crippen molar-refractivity contribution in [1.82, 2.24) is 0 Å². The number of rotatable bonds is 8. The number of phenolic OH excluding ortho intramolecular Hbond substituents is 3. The summed E-state index contributed by atoms with van der Waals surface area (Å²) in [6, 6.07) is 4.71. The lowest BCUT2D eigenvalue weighted by atomic mass is 9.95. The van der Waals surface area contributed by atoms with Crippen LogP contribution in [0.15, 0.2) is 27.4 Å². The van der Waals surface area contributed by atoms with E-state index in [4.69, 9.17) is 9.15 Å². The number of hydrogen-bond acceptors (Lipinski definition) is 6. The molecule has 31 heavy (non-hydrogen) atoms. The standard InChI is InChI=1S/C25H30O6/c1-5-8-15-14(11-12-19(30-4)23(15)28)20-13-18(26)21-24(29)16(9-6-2)22(27)17(10-7-3)25(21)31-20/h11-13,27-29H,5-10H2,1-4H3. The van der Waals surface area contributed by atoms with E-state index < -0.39 is 0 Å². The fraction of sp³-hybridized carbons (Fsp3) is 0.400. The van der Waals surface area contributed by atoms with Crippen molar-refractivity contribution in [1.29, 1.82) is 0 Å². The van der Waals surface area contributed by atoms with Crippen LogP contribution in [0.3, 0.4) is 0 Å². The topological polar surface area (TPSA) is 100 Å². The Morgan fingerprint density at radius 1 is 0.839 bits per heavy atom. The molecular formula is C25H30O6. The van der Waals surface area contributed by atoms with Gasteiger partial charge in [-0.05, 0) is 31.4 Å². The molecule has 1 heterocycles. The highest BCUT2D eigenvalue weighted by atomic mass is 16.5. The van der Waals surface area contributed by atoms with Gasteiger partial charge in [0.05, 0.1) is 7.11 Å². The Bertz CT molecular complexity index is 1160. The van der Waals surface area contributed by atoms with Gasteiger partial charge >= 0.3 is 0 Å². The van der Waals surface area contributed by atoms with Crippen molar-refractivity contribution in [2.24, 2.45) is 0 Å². The quantitative estimate of drug-likeness (QED) is 0.443. The van der Waals surface area contributed by atoms with Crippen LogP contribution in [0.2, 0.25) is 0 Å². The molecule has 0 aliphatic heterocycles. The van der Waals surface area contributed by atoms with Gasteiger partial charge < -0.3 is 24.5 Å². The molecule has 0 aliphatic rings. The van der Waals surface area contributed by atoms with E-state index in [-0.39, 0.29) is 39.4 Å². The summed E-state index contributed by atoms with van der Waals surface area (Å²) in [5.74, 6) is 0.406. The second-order valence-corrected chi connectivity index (χ2v) is 7.73. The summed E-state index contributed by atoms with van der Waals surface area (Å²) in [4.78, 5) is 13.1. The molecule has 3 rings (SSSR count). The van der Waals surface area contributed by atoms with E-state index in [2.05, 4.69) is 0 Å². The third kappa shape index (κ3) is 3.94. The highest BCUT2D eigenvalue weighted by molar-refractivity contribution is 5.91. The Labute approximate surface area is 181 Å². The zero-order valence-electron chi connectivity index (χ0n) is 18.5. The van der Waals surface area contributed by atoms with Crippen molar-refractivity contribution in [3.63, 3.8) is 0 Å². The van der Waals surface area contributed by atoms with E-state index in [0.717, 1.165) is 12.8 Å². The zero-order chi connectivity index (χ0) is 22.7. The van der Waals surface area contributed by atoms with Crippen LogP contribution < -0.4 is 10.2 Å². The first-order chi connectivity index (χ1) is 14.9. The van der Waals surface area contributed by atoms with Gasteiger partial charge in [0.25, 0.3) is 0 Å². The van der Waals surface area contributed by atoms with Gasteiger partial charge in [-0.25, -0.2) is 0 Å². The molecule has 3 N–H and O–H groups in total. The van der Waals surface area contributed by atoms with E-state index in [1.54, 1.807) is 12.1 Å². The molecule has 3 aromatic rings. The van der Waals surface area contributed by atoms with Crippen molar-refractivity contribution in [2.45, 2.75) is 59.3 Å². The van der Waals surface area contributed by atoms with Crippen LogP contribution in [0.1, 0.15) is 56.7 Å². The van der Waals surface area contributed by atoms with E-state index in [1.807, 2.05) is 20.8 Å². The average molecular weight is 427 g/mol. The predicted molar refractivity (Wildman–Crippen MR) is 121 cm³/mol. The Balaban J connectivity index is 2.38. The third-order valence-electron chi connectivity index (χ3n) is 5.55. The number of aromatic hydroxyl groups is 3. The summed E-state index contributed by atoms with van der Waals surface area (Å²) in [5.41, 5.74) is 1.91. The van der Waals surface area contributed by atoms with Crippen LogP contribution in [0.4, 0.5) is 0 Å². The van der Waals surface area contributed by atoms with Crippen molar-refractivity contribution in [2.75, 3.05) is 7.11 Å². The summed E-state index contributed by atoms with van der Waals surface area (Å²) in [5, 5.41) is 32.4. The summed E-state index contributed by atoms with van der Waals surface area (Å²) in [6.07, 6.45) is 3.74. The van der Waals surface area contributed by atoms with Crippen LogP contribution >= 0.6 is 0 Å². The molecule has 0 radical (unpaired) electrons. The smallest absolute Gasteiger partial charge is 0.197 e. The molecule has 2 aromatic carbocycles. The molecule has 0 spiro atoms. The van der Waals surface area contributed by atoms with Gasteiger partial charge in [0, 0.05) is 28.3 Å². The summed E-state index contributed by atoms with van der Waals surface area (Å²) in [7, 11) is 1.48. The molecule has 6 nitrogen and oxygen atoms in total. The van der Waals surface area contributed by atoms with Crippen LogP contribution in [-0.4, -0.2) is 22.4 Å². The molecule has 0 aliphatic carbocycles. The van der Waals surface area contributed by atoms with Crippen molar-refractivity contribution in [3.05, 3.63) is 45.1 Å². The van der Waals surface area contributed by atoms with Crippen molar-refractivity contribution < 1.29 is 24.5 Å². The monoisotopic (exact) mass is 426 g/mol. The second kappa shape index (κ2) is 9.33. The predicted octanol–water partition coefficient (Wildman–Crippen LogP) is 5.44. The maximum atomic E-state index is 13.1. The first-order valence-corrected chi connectivity index (χ1v) is 10.8. The molecule has 0 saturated carbocycles. The first-order valence-electron chi connectivity index (χ1n) is 10.8. The third-order valence-corrected chi connectivity index (χ3v) is 5.55. The van der Waals surface area contributed by atoms with E-state index in [1.165, 1.54) is 13.2 Å². The normalized spacial score (nSPS) is 11.2. The zero-order valence-corrected chi connectivity index (χ0v) is 18.5. The summed E-state index contributed by atoms with van der Waals surface area (Å²) < 4.78 is 11.4. The lowest BCUT2D eigenvalue weighted by Gasteiger charge is -2.17. The largest absolute Gasteiger partial charge is 0.507 e. The highest BCUT2D eigenvalue weighted by Crippen LogP contribution is 2.43. The van der Waals surface area contributed by atoms with Gasteiger partial charge in [0.15, 0.2) is 16.9 Å². The minimum absolute atomic E-state index is 0.0136. The van der Waals surface area contributed by atoms with Gasteiger partial charge in [0.1, 0.15) is 28.2 Å². The molecule has 1 aromatic heterocycles. The summed E-state index contributed by atoms with van der Waals surface area (Å²) >= 11 is 0. The van der Waals surface area contributed by atoms with Crippen LogP contribution in [0.25, 0.3) is 22.3 Å². The molecule has 0 saturated heterocycles. The van der Waals surface area contributed by atoms with Crippen molar-refractivity contribution >= 4 is 11.0 Å². The van der Waals surface area contributed by atoms with E-state index >= 15 is 0 Å². The number of methoxy groups -OCH3 is 1. The molecular weight excluding hydrogens is 396 g/mol. The average Bonchev–Trinajstić information content (AvgIpc) is 2.75. The number of hydrogen-bond donors (Lipinski definition) is 3. The van der Waals surface area contributed by atoms with Crippen LogP contribution in [0.5, 0.6) is 23.0 Å². The number of phenols is 3. The molecule has 0 unspecified atom stereocenters. The lowest BCUT2D eigenvalue weighted by molar-refractivity contribution is 0.370. The molecule has 0 amide bonds. The Hall–Kier alpha value is -3.15. The molecule has 0 bridgehead atoms. The number of aryl methyl sites for hydroxylation is 1. The van der Waals surface area contributed by atoms with E-state index in [9.17, 15) is 20.1 Å². The molecule has 0 atom stereocenters. The number of fused-ring (bicyclic) bond motifs is 1. The number of benzene rings is 2. The minimum atomic E-state index is -0.388. The maximum absolute atomic E-state index is 13.1. The van der Waals surface area contributed by atoms with Gasteiger partial charge in [0.2, 0.25) is 0 Å². The lowest BCUT2D eigenvalue weighted by Crippen LogP contribution is -2.06. The maximum Gasteiger partial charge on any atom is 0.197 e. The van der Waals surface area contributed by atoms with Crippen LogP contribution in [0, 0.1) is 0 Å². The van der Waals surface area contributed by atoms with Gasteiger partial charge in [-0.3, -0.25) is 4.79 Å². The first kappa shape index (κ1) is 22.5. The summed E-state index contributed by atoms with van der Waals surface area (Å²) in [6.45, 7) is 5.91. The van der Waals surface area contributed by atoms with Gasteiger partial charge in [-0.2, -0.15) is 0 Å².